The number of nitrogens with one attached hydrogen (secondary N) is 2. The van der Waals surface area contributed by atoms with E-state index in [9.17, 15) is 4.79 Å². The summed E-state index contributed by atoms with van der Waals surface area (Å²) in [5.74, 6) is 0.440. The van der Waals surface area contributed by atoms with Gasteiger partial charge in [0.2, 0.25) is 5.91 Å². The van der Waals surface area contributed by atoms with E-state index in [0.717, 1.165) is 24.1 Å². The first kappa shape index (κ1) is 12.4. The first-order chi connectivity index (χ1) is 8.70. The van der Waals surface area contributed by atoms with Crippen molar-refractivity contribution in [3.05, 3.63) is 29.3 Å². The molecule has 2 N–H and O–H groups in total. The van der Waals surface area contributed by atoms with E-state index in [1.54, 1.807) is 6.07 Å². The average Bonchev–Trinajstić information content (AvgIpc) is 3.19. The summed E-state index contributed by atoms with van der Waals surface area (Å²) >= 11 is 0. The van der Waals surface area contributed by atoms with Gasteiger partial charge in [0.1, 0.15) is 0 Å². The van der Waals surface area contributed by atoms with Gasteiger partial charge in [0.15, 0.2) is 0 Å². The van der Waals surface area contributed by atoms with Crippen LogP contribution in [-0.4, -0.2) is 19.0 Å². The summed E-state index contributed by atoms with van der Waals surface area (Å²) in [5.41, 5.74) is 2.64. The van der Waals surface area contributed by atoms with Crippen molar-refractivity contribution in [1.82, 2.24) is 5.32 Å². The molecule has 0 spiro atoms. The summed E-state index contributed by atoms with van der Waals surface area (Å²) in [7, 11) is 0. The zero-order valence-electron chi connectivity index (χ0n) is 10.5. The molecule has 0 atom stereocenters. The van der Waals surface area contributed by atoms with Gasteiger partial charge in [0.05, 0.1) is 11.6 Å². The second kappa shape index (κ2) is 5.54. The molecule has 0 radical (unpaired) electrons. The first-order valence-corrected chi connectivity index (χ1v) is 6.23. The molecule has 94 valence electrons. The lowest BCUT2D eigenvalue weighted by molar-refractivity contribution is -0.122. The van der Waals surface area contributed by atoms with Crippen LogP contribution in [0.1, 0.15) is 24.0 Å². The number of nitrogens with zero attached hydrogens (tertiary/aromatic N) is 1. The van der Waals surface area contributed by atoms with Gasteiger partial charge >= 0.3 is 0 Å². The predicted molar refractivity (Wildman–Crippen MR) is 70.1 cm³/mol. The third kappa shape index (κ3) is 3.24. The molecule has 1 saturated carbocycles. The molecule has 18 heavy (non-hydrogen) atoms. The summed E-state index contributed by atoms with van der Waals surface area (Å²) in [6.45, 7) is 3.25. The van der Waals surface area contributed by atoms with Crippen molar-refractivity contribution in [2.45, 2.75) is 19.8 Å². The summed E-state index contributed by atoms with van der Waals surface area (Å²) in [5, 5.41) is 15.0. The minimum Gasteiger partial charge on any atom is -0.383 e. The third-order valence-corrected chi connectivity index (χ3v) is 3.05. The minimum absolute atomic E-state index is 0.174. The van der Waals surface area contributed by atoms with Gasteiger partial charge in [-0.1, -0.05) is 0 Å². The SMILES string of the molecule is Cc1cc(NCCNC(=O)C2CC2)ccc1C#N. The molecule has 1 amide bonds. The van der Waals surface area contributed by atoms with Crippen LogP contribution < -0.4 is 10.6 Å². The molecular weight excluding hydrogens is 226 g/mol. The molecular formula is C14H17N3O. The number of carbonyl (C=O) groups is 1. The van der Waals surface area contributed by atoms with Crippen LogP contribution in [0.4, 0.5) is 5.69 Å². The summed E-state index contributed by atoms with van der Waals surface area (Å²) in [4.78, 5) is 11.4. The zero-order chi connectivity index (χ0) is 13.0. The second-order valence-corrected chi connectivity index (χ2v) is 4.63. The Hall–Kier alpha value is -2.02. The molecule has 4 nitrogen and oxygen atoms in total. The van der Waals surface area contributed by atoms with E-state index in [4.69, 9.17) is 5.26 Å². The van der Waals surface area contributed by atoms with Gasteiger partial charge in [-0.2, -0.15) is 5.26 Å². The Balaban J connectivity index is 1.74. The summed E-state index contributed by atoms with van der Waals surface area (Å²) < 4.78 is 0. The number of amides is 1. The average molecular weight is 243 g/mol. The van der Waals surface area contributed by atoms with Crippen LogP contribution in [0.2, 0.25) is 0 Å². The molecule has 0 bridgehead atoms. The number of nitriles is 1. The minimum atomic E-state index is 0.174. The van der Waals surface area contributed by atoms with Crippen LogP contribution >= 0.6 is 0 Å². The number of rotatable bonds is 5. The second-order valence-electron chi connectivity index (χ2n) is 4.63. The molecule has 0 aromatic heterocycles. The number of carbonyl (C=O) groups excluding carboxylic acids is 1. The van der Waals surface area contributed by atoms with Gasteiger partial charge in [-0.15, -0.1) is 0 Å². The molecule has 4 heteroatoms. The quantitative estimate of drug-likeness (QED) is 0.775. The zero-order valence-corrected chi connectivity index (χ0v) is 10.5. The molecule has 0 heterocycles. The molecule has 1 fully saturated rings. The number of anilines is 1. The molecule has 1 aromatic rings. The van der Waals surface area contributed by atoms with Crippen molar-refractivity contribution in [1.29, 1.82) is 5.26 Å². The van der Waals surface area contributed by atoms with E-state index in [1.165, 1.54) is 0 Å². The Bertz CT molecular complexity index is 486. The molecule has 1 aliphatic rings. The fourth-order valence-corrected chi connectivity index (χ4v) is 1.78. The van der Waals surface area contributed by atoms with Crippen LogP contribution in [0.15, 0.2) is 18.2 Å². The highest BCUT2D eigenvalue weighted by atomic mass is 16.2. The molecule has 1 aliphatic carbocycles. The van der Waals surface area contributed by atoms with Gasteiger partial charge < -0.3 is 10.6 Å². The van der Waals surface area contributed by atoms with Crippen LogP contribution in [0.5, 0.6) is 0 Å². The largest absolute Gasteiger partial charge is 0.383 e. The van der Waals surface area contributed by atoms with E-state index in [1.807, 2.05) is 19.1 Å². The number of aryl methyl sites for hydroxylation is 1. The van der Waals surface area contributed by atoms with Crippen molar-refractivity contribution < 1.29 is 4.79 Å². The Labute approximate surface area is 107 Å². The number of hydrogen-bond acceptors (Lipinski definition) is 3. The van der Waals surface area contributed by atoms with E-state index in [0.29, 0.717) is 18.7 Å². The van der Waals surface area contributed by atoms with E-state index in [-0.39, 0.29) is 11.8 Å². The van der Waals surface area contributed by atoms with Gasteiger partial charge in [0, 0.05) is 24.7 Å². The topological polar surface area (TPSA) is 64.9 Å². The van der Waals surface area contributed by atoms with Crippen LogP contribution in [0, 0.1) is 24.2 Å². The molecule has 0 saturated heterocycles. The van der Waals surface area contributed by atoms with Crippen LogP contribution in [0.3, 0.4) is 0 Å². The normalized spacial score (nSPS) is 13.8. The fraction of sp³-hybridized carbons (Fsp3) is 0.429. The van der Waals surface area contributed by atoms with E-state index in [2.05, 4.69) is 16.7 Å². The smallest absolute Gasteiger partial charge is 0.223 e. The Morgan fingerprint density at radius 2 is 2.22 bits per heavy atom. The Morgan fingerprint density at radius 3 is 2.83 bits per heavy atom. The summed E-state index contributed by atoms with van der Waals surface area (Å²) in [6.07, 6.45) is 2.07. The Morgan fingerprint density at radius 1 is 1.44 bits per heavy atom. The molecule has 0 unspecified atom stereocenters. The number of benzene rings is 1. The molecule has 0 aliphatic heterocycles. The lowest BCUT2D eigenvalue weighted by Crippen LogP contribution is -2.29. The fourth-order valence-electron chi connectivity index (χ4n) is 1.78. The molecule has 2 rings (SSSR count). The van der Waals surface area contributed by atoms with Gasteiger partial charge in [0.25, 0.3) is 0 Å². The van der Waals surface area contributed by atoms with Crippen molar-refractivity contribution in [3.63, 3.8) is 0 Å². The maximum absolute atomic E-state index is 11.4. The monoisotopic (exact) mass is 243 g/mol. The van der Waals surface area contributed by atoms with E-state index < -0.39 is 0 Å². The van der Waals surface area contributed by atoms with Crippen LogP contribution in [0.25, 0.3) is 0 Å². The lowest BCUT2D eigenvalue weighted by atomic mass is 10.1. The highest BCUT2D eigenvalue weighted by Crippen LogP contribution is 2.28. The predicted octanol–water partition coefficient (Wildman–Crippen LogP) is 1.80. The summed E-state index contributed by atoms with van der Waals surface area (Å²) in [6, 6.07) is 7.77. The first-order valence-electron chi connectivity index (χ1n) is 6.23. The lowest BCUT2D eigenvalue weighted by Gasteiger charge is -2.08. The van der Waals surface area contributed by atoms with Crippen molar-refractivity contribution >= 4 is 11.6 Å². The highest BCUT2D eigenvalue weighted by Gasteiger charge is 2.28. The standard InChI is InChI=1S/C14H17N3O/c1-10-8-13(5-4-12(10)9-15)16-6-7-17-14(18)11-2-3-11/h4-5,8,11,16H,2-3,6-7H2,1H3,(H,17,18). The Kier molecular flexibility index (Phi) is 3.83. The van der Waals surface area contributed by atoms with Gasteiger partial charge in [-0.3, -0.25) is 4.79 Å². The molecule has 1 aromatic carbocycles. The van der Waals surface area contributed by atoms with E-state index >= 15 is 0 Å². The van der Waals surface area contributed by atoms with Crippen molar-refractivity contribution in [2.75, 3.05) is 18.4 Å². The van der Waals surface area contributed by atoms with Gasteiger partial charge in [-0.05, 0) is 43.5 Å². The van der Waals surface area contributed by atoms with Gasteiger partial charge in [-0.25, -0.2) is 0 Å². The number of hydrogen-bond donors (Lipinski definition) is 2. The van der Waals surface area contributed by atoms with Crippen molar-refractivity contribution in [2.24, 2.45) is 5.92 Å². The van der Waals surface area contributed by atoms with Crippen molar-refractivity contribution in [3.8, 4) is 6.07 Å². The maximum atomic E-state index is 11.4. The van der Waals surface area contributed by atoms with Crippen LogP contribution in [-0.2, 0) is 4.79 Å². The highest BCUT2D eigenvalue weighted by molar-refractivity contribution is 5.80. The maximum Gasteiger partial charge on any atom is 0.223 e. The third-order valence-electron chi connectivity index (χ3n) is 3.05.